The molecule has 0 aliphatic carbocycles. The summed E-state index contributed by atoms with van der Waals surface area (Å²) in [7, 11) is 0. The first-order valence-corrected chi connectivity index (χ1v) is 5.25. The second-order valence-corrected chi connectivity index (χ2v) is 4.04. The Bertz CT molecular complexity index is 524. The van der Waals surface area contributed by atoms with Crippen molar-refractivity contribution in [3.63, 3.8) is 0 Å². The van der Waals surface area contributed by atoms with Crippen molar-refractivity contribution in [1.29, 1.82) is 0 Å². The van der Waals surface area contributed by atoms with Crippen LogP contribution in [0.5, 0.6) is 0 Å². The monoisotopic (exact) mass is 244 g/mol. The van der Waals surface area contributed by atoms with E-state index in [1.807, 2.05) is 0 Å². The number of aromatic amines is 1. The standard InChI is InChI=1S/C10H13FN2O4/c1-5-3-13(10(16)12-9(5)15)8-2-6(11)7(4-14)17-8/h3,6-8,14H,2,4H2,1H3,(H,12,15,16)/t6?,7-,8?/m1/s1. The third-order valence-electron chi connectivity index (χ3n) is 2.80. The molecule has 0 amide bonds. The predicted molar refractivity (Wildman–Crippen MR) is 56.6 cm³/mol. The van der Waals surface area contributed by atoms with Crippen LogP contribution < -0.4 is 11.2 Å². The molecule has 1 aromatic heterocycles. The molecular weight excluding hydrogens is 231 g/mol. The Kier molecular flexibility index (Phi) is 3.12. The maximum Gasteiger partial charge on any atom is 0.330 e. The van der Waals surface area contributed by atoms with Crippen molar-refractivity contribution in [2.45, 2.75) is 31.8 Å². The van der Waals surface area contributed by atoms with Gasteiger partial charge in [0.05, 0.1) is 6.61 Å². The van der Waals surface area contributed by atoms with Crippen LogP contribution in [-0.2, 0) is 4.74 Å². The minimum absolute atomic E-state index is 0.0172. The van der Waals surface area contributed by atoms with Crippen LogP contribution >= 0.6 is 0 Å². The van der Waals surface area contributed by atoms with E-state index in [0.717, 1.165) is 4.57 Å². The molecule has 1 fully saturated rings. The van der Waals surface area contributed by atoms with E-state index in [1.165, 1.54) is 6.20 Å². The fourth-order valence-electron chi connectivity index (χ4n) is 1.82. The molecule has 0 radical (unpaired) electrons. The van der Waals surface area contributed by atoms with Crippen LogP contribution in [0, 0.1) is 6.92 Å². The van der Waals surface area contributed by atoms with Gasteiger partial charge in [-0.05, 0) is 6.92 Å². The highest BCUT2D eigenvalue weighted by Crippen LogP contribution is 2.29. The van der Waals surface area contributed by atoms with E-state index in [4.69, 9.17) is 9.84 Å². The van der Waals surface area contributed by atoms with E-state index in [2.05, 4.69) is 4.98 Å². The second kappa shape index (κ2) is 4.42. The number of hydrogen-bond acceptors (Lipinski definition) is 4. The summed E-state index contributed by atoms with van der Waals surface area (Å²) in [6.45, 7) is 1.11. The first-order valence-electron chi connectivity index (χ1n) is 5.25. The molecule has 0 aromatic carbocycles. The average molecular weight is 244 g/mol. The van der Waals surface area contributed by atoms with Crippen molar-refractivity contribution in [2.24, 2.45) is 0 Å². The lowest BCUT2D eigenvalue weighted by atomic mass is 10.2. The van der Waals surface area contributed by atoms with E-state index in [0.29, 0.717) is 5.56 Å². The van der Waals surface area contributed by atoms with Gasteiger partial charge in [0, 0.05) is 18.2 Å². The highest BCUT2D eigenvalue weighted by Gasteiger charge is 2.36. The number of ether oxygens (including phenoxy) is 1. The molecule has 6 nitrogen and oxygen atoms in total. The van der Waals surface area contributed by atoms with Gasteiger partial charge in [-0.3, -0.25) is 14.3 Å². The molecule has 94 valence electrons. The van der Waals surface area contributed by atoms with E-state index in [1.54, 1.807) is 6.92 Å². The summed E-state index contributed by atoms with van der Waals surface area (Å²) in [5, 5.41) is 8.86. The first-order chi connectivity index (χ1) is 8.02. The molecule has 0 spiro atoms. The van der Waals surface area contributed by atoms with Gasteiger partial charge in [-0.15, -0.1) is 0 Å². The molecule has 1 aliphatic heterocycles. The number of aryl methyl sites for hydroxylation is 1. The molecule has 1 saturated heterocycles. The van der Waals surface area contributed by atoms with Crippen LogP contribution in [0.15, 0.2) is 15.8 Å². The highest BCUT2D eigenvalue weighted by atomic mass is 19.1. The fraction of sp³-hybridized carbons (Fsp3) is 0.600. The van der Waals surface area contributed by atoms with Crippen molar-refractivity contribution in [2.75, 3.05) is 6.61 Å². The molecule has 17 heavy (non-hydrogen) atoms. The molecule has 2 heterocycles. The van der Waals surface area contributed by atoms with E-state index in [9.17, 15) is 14.0 Å². The van der Waals surface area contributed by atoms with E-state index in [-0.39, 0.29) is 6.42 Å². The van der Waals surface area contributed by atoms with Gasteiger partial charge in [-0.2, -0.15) is 0 Å². The lowest BCUT2D eigenvalue weighted by Crippen LogP contribution is -2.33. The Labute approximate surface area is 95.7 Å². The van der Waals surface area contributed by atoms with Gasteiger partial charge in [-0.25, -0.2) is 9.18 Å². The summed E-state index contributed by atoms with van der Waals surface area (Å²) in [5.41, 5.74) is -0.771. The van der Waals surface area contributed by atoms with Crippen molar-refractivity contribution in [3.05, 3.63) is 32.6 Å². The van der Waals surface area contributed by atoms with Crippen LogP contribution in [0.1, 0.15) is 18.2 Å². The molecule has 1 aliphatic rings. The minimum atomic E-state index is -1.32. The molecule has 0 saturated carbocycles. The predicted octanol–water partition coefficient (Wildman–Crippen LogP) is -0.537. The molecule has 1 aromatic rings. The Morgan fingerprint density at radius 3 is 2.94 bits per heavy atom. The molecule has 2 unspecified atom stereocenters. The Hall–Kier alpha value is -1.47. The molecule has 7 heteroatoms. The maximum absolute atomic E-state index is 13.4. The normalized spacial score (nSPS) is 28.5. The van der Waals surface area contributed by atoms with Crippen molar-refractivity contribution in [3.8, 4) is 0 Å². The largest absolute Gasteiger partial charge is 0.394 e. The maximum atomic E-state index is 13.4. The number of nitrogens with one attached hydrogen (secondary N) is 1. The molecule has 3 atom stereocenters. The molecule has 2 rings (SSSR count). The number of H-pyrrole nitrogens is 1. The van der Waals surface area contributed by atoms with Crippen LogP contribution in [-0.4, -0.2) is 33.5 Å². The zero-order valence-electron chi connectivity index (χ0n) is 9.22. The van der Waals surface area contributed by atoms with E-state index >= 15 is 0 Å². The summed E-state index contributed by atoms with van der Waals surface area (Å²) in [4.78, 5) is 24.8. The Morgan fingerprint density at radius 1 is 1.65 bits per heavy atom. The zero-order chi connectivity index (χ0) is 12.6. The Morgan fingerprint density at radius 2 is 2.35 bits per heavy atom. The average Bonchev–Trinajstić information content (AvgIpc) is 2.65. The number of rotatable bonds is 2. The lowest BCUT2D eigenvalue weighted by molar-refractivity contribution is -0.0356. The van der Waals surface area contributed by atoms with Gasteiger partial charge >= 0.3 is 5.69 Å². The topological polar surface area (TPSA) is 84.3 Å². The molecule has 2 N–H and O–H groups in total. The number of aliphatic hydroxyl groups is 1. The van der Waals surface area contributed by atoms with Gasteiger partial charge in [0.1, 0.15) is 18.5 Å². The van der Waals surface area contributed by atoms with Gasteiger partial charge in [0.15, 0.2) is 0 Å². The van der Waals surface area contributed by atoms with Crippen molar-refractivity contribution >= 4 is 0 Å². The summed E-state index contributed by atoms with van der Waals surface area (Å²) in [6, 6.07) is 0. The number of nitrogens with zero attached hydrogens (tertiary/aromatic N) is 1. The van der Waals surface area contributed by atoms with Crippen LogP contribution in [0.3, 0.4) is 0 Å². The Balaban J connectivity index is 2.34. The molecular formula is C10H13FN2O4. The summed E-state index contributed by atoms with van der Waals surface area (Å²) in [5.74, 6) is 0. The minimum Gasteiger partial charge on any atom is -0.394 e. The van der Waals surface area contributed by atoms with Crippen LogP contribution in [0.4, 0.5) is 4.39 Å². The van der Waals surface area contributed by atoms with E-state index < -0.39 is 36.4 Å². The summed E-state index contributed by atoms with van der Waals surface area (Å²) >= 11 is 0. The third-order valence-corrected chi connectivity index (χ3v) is 2.80. The van der Waals surface area contributed by atoms with Gasteiger partial charge in [0.25, 0.3) is 5.56 Å². The molecule has 0 bridgehead atoms. The quantitative estimate of drug-likeness (QED) is 0.732. The lowest BCUT2D eigenvalue weighted by Gasteiger charge is -2.14. The highest BCUT2D eigenvalue weighted by molar-refractivity contribution is 5.02. The van der Waals surface area contributed by atoms with Gasteiger partial charge < -0.3 is 9.84 Å². The first kappa shape index (κ1) is 12.0. The second-order valence-electron chi connectivity index (χ2n) is 4.04. The van der Waals surface area contributed by atoms with Gasteiger partial charge in [0.2, 0.25) is 0 Å². The van der Waals surface area contributed by atoms with Crippen molar-refractivity contribution in [1.82, 2.24) is 9.55 Å². The van der Waals surface area contributed by atoms with Crippen LogP contribution in [0.2, 0.25) is 0 Å². The van der Waals surface area contributed by atoms with Gasteiger partial charge in [-0.1, -0.05) is 0 Å². The number of aliphatic hydroxyl groups excluding tert-OH is 1. The SMILES string of the molecule is Cc1cn(C2CC(F)[C@@H](CO)O2)c(=O)[nH]c1=O. The third kappa shape index (κ3) is 2.16. The van der Waals surface area contributed by atoms with Crippen LogP contribution in [0.25, 0.3) is 0 Å². The zero-order valence-corrected chi connectivity index (χ0v) is 9.22. The number of hydrogen-bond donors (Lipinski definition) is 2. The number of aromatic nitrogens is 2. The number of alkyl halides is 1. The van der Waals surface area contributed by atoms with Crippen molar-refractivity contribution < 1.29 is 14.2 Å². The smallest absolute Gasteiger partial charge is 0.330 e. The summed E-state index contributed by atoms with van der Waals surface area (Å²) < 4.78 is 19.7. The summed E-state index contributed by atoms with van der Waals surface area (Å²) in [6.07, 6.45) is -1.71. The fourth-order valence-corrected chi connectivity index (χ4v) is 1.82. The number of halogens is 1.